The third-order valence-electron chi connectivity index (χ3n) is 5.16. The van der Waals surface area contributed by atoms with Gasteiger partial charge in [-0.3, -0.25) is 0 Å². The molecule has 0 aromatic rings. The summed E-state index contributed by atoms with van der Waals surface area (Å²) < 4.78 is 10.9. The van der Waals surface area contributed by atoms with Crippen LogP contribution in [0.1, 0.15) is 0 Å². The van der Waals surface area contributed by atoms with Crippen molar-refractivity contribution in [3.8, 4) is 0 Å². The lowest BCUT2D eigenvalue weighted by atomic mass is 10.9. The van der Waals surface area contributed by atoms with Gasteiger partial charge in [-0.1, -0.05) is 76.6 Å². The Hall–Kier alpha value is -0.382. The Morgan fingerprint density at radius 1 is 0.692 bits per heavy atom. The van der Waals surface area contributed by atoms with Crippen LogP contribution in [0.25, 0.3) is 0 Å². The smallest absolute Gasteiger partial charge is 0.438 e. The number of rotatable bonds is 12. The highest BCUT2D eigenvalue weighted by molar-refractivity contribution is 6.86. The molecule has 26 heavy (non-hydrogen) atoms. The van der Waals surface area contributed by atoms with Gasteiger partial charge in [0.1, 0.15) is 0 Å². The van der Waals surface area contributed by atoms with Crippen LogP contribution in [0, 0.1) is 0 Å². The van der Waals surface area contributed by atoms with E-state index in [1.807, 2.05) is 0 Å². The van der Waals surface area contributed by atoms with Gasteiger partial charge in [-0.2, -0.15) is 0 Å². The Balaban J connectivity index is 4.28. The van der Waals surface area contributed by atoms with Gasteiger partial charge >= 0.3 is 6.16 Å². The van der Waals surface area contributed by atoms with Crippen LogP contribution in [-0.4, -0.2) is 50.9 Å². The van der Waals surface area contributed by atoms with Crippen LogP contribution in [0.2, 0.25) is 76.6 Å². The van der Waals surface area contributed by atoms with E-state index in [4.69, 9.17) is 9.47 Å². The van der Waals surface area contributed by atoms with Gasteiger partial charge in [0.2, 0.25) is 0 Å². The van der Waals surface area contributed by atoms with Gasteiger partial charge in [0.15, 0.2) is 0 Å². The first kappa shape index (κ1) is 25.6. The molecule has 0 atom stereocenters. The molecule has 7 heteroatoms. The maximum absolute atomic E-state index is 12.0. The summed E-state index contributed by atoms with van der Waals surface area (Å²) in [6.45, 7) is 26.4. The highest BCUT2D eigenvalue weighted by Gasteiger charge is 2.29. The second-order valence-corrected chi connectivity index (χ2v) is 30.5. The average Bonchev–Trinajstić information content (AvgIpc) is 2.55. The average molecular weight is 431 g/mol. The molecule has 0 rings (SSSR count). The Bertz CT molecular complexity index is 443. The van der Waals surface area contributed by atoms with Crippen LogP contribution < -0.4 is 0 Å². The Kier molecular flexibility index (Phi) is 10.1. The summed E-state index contributed by atoms with van der Waals surface area (Å²) in [6, 6.07) is 4.79. The molecule has 0 aromatic heterocycles. The molecular formula is C19H42O3Si4. The Morgan fingerprint density at radius 3 is 1.27 bits per heavy atom. The standard InChI is InChI=1S/C19H42O3Si4/c1-11-23(3,4)13-15-25(7,8)17-21-19(20)22-18-26(9,10)16-14-24(5,6)12-2/h11-12H,1-2,13-18H2,3-10H3. The molecule has 0 saturated heterocycles. The molecule has 0 N–H and O–H groups in total. The minimum absolute atomic E-state index is 0.480. The van der Waals surface area contributed by atoms with E-state index >= 15 is 0 Å². The fourth-order valence-corrected chi connectivity index (χ4v) is 14.5. The molecule has 0 aliphatic heterocycles. The number of hydrogen-bond donors (Lipinski definition) is 0. The lowest BCUT2D eigenvalue weighted by Crippen LogP contribution is -2.39. The topological polar surface area (TPSA) is 35.5 Å². The van der Waals surface area contributed by atoms with Crippen LogP contribution in [0.4, 0.5) is 4.79 Å². The molecule has 0 unspecified atom stereocenters. The van der Waals surface area contributed by atoms with Crippen LogP contribution >= 0.6 is 0 Å². The summed E-state index contributed by atoms with van der Waals surface area (Å²) in [4.78, 5) is 12.0. The van der Waals surface area contributed by atoms with Crippen LogP contribution in [0.15, 0.2) is 24.6 Å². The molecular weight excluding hydrogens is 389 g/mol. The highest BCUT2D eigenvalue weighted by Crippen LogP contribution is 2.23. The monoisotopic (exact) mass is 430 g/mol. The first-order chi connectivity index (χ1) is 11.6. The molecule has 0 heterocycles. The minimum atomic E-state index is -1.54. The van der Waals surface area contributed by atoms with Gasteiger partial charge in [-0.05, 0) is 0 Å². The van der Waals surface area contributed by atoms with Crippen molar-refractivity contribution in [3.05, 3.63) is 24.6 Å². The number of carbonyl (C=O) groups excluding carboxylic acids is 1. The lowest BCUT2D eigenvalue weighted by molar-refractivity contribution is 0.0777. The molecule has 0 fully saturated rings. The molecule has 0 aliphatic carbocycles. The molecule has 152 valence electrons. The van der Waals surface area contributed by atoms with E-state index in [0.29, 0.717) is 12.5 Å². The zero-order valence-electron chi connectivity index (χ0n) is 18.5. The van der Waals surface area contributed by atoms with Crippen molar-refractivity contribution in [2.45, 2.75) is 76.6 Å². The summed E-state index contributed by atoms with van der Waals surface area (Å²) in [5.74, 6) is 0. The largest absolute Gasteiger partial charge is 0.507 e. The normalized spacial score (nSPS) is 13.2. The van der Waals surface area contributed by atoms with E-state index in [2.05, 4.69) is 76.9 Å². The van der Waals surface area contributed by atoms with Gasteiger partial charge in [-0.15, -0.1) is 24.6 Å². The van der Waals surface area contributed by atoms with Crippen molar-refractivity contribution in [1.29, 1.82) is 0 Å². The maximum Gasteiger partial charge on any atom is 0.507 e. The van der Waals surface area contributed by atoms with Gasteiger partial charge < -0.3 is 9.47 Å². The first-order valence-electron chi connectivity index (χ1n) is 9.70. The second-order valence-electron chi connectivity index (χ2n) is 10.5. The van der Waals surface area contributed by atoms with Crippen LogP contribution in [0.3, 0.4) is 0 Å². The fraction of sp³-hybridized carbons (Fsp3) is 0.737. The van der Waals surface area contributed by atoms with E-state index in [9.17, 15) is 4.79 Å². The molecule has 0 aliphatic rings. The summed E-state index contributed by atoms with van der Waals surface area (Å²) in [5, 5.41) is 0. The van der Waals surface area contributed by atoms with E-state index < -0.39 is 38.5 Å². The second kappa shape index (κ2) is 10.2. The maximum atomic E-state index is 12.0. The number of carbonyl (C=O) groups is 1. The van der Waals surface area contributed by atoms with E-state index in [1.54, 1.807) is 0 Å². The van der Waals surface area contributed by atoms with E-state index in [-0.39, 0.29) is 0 Å². The molecule has 0 amide bonds. The predicted molar refractivity (Wildman–Crippen MR) is 127 cm³/mol. The number of hydrogen-bond acceptors (Lipinski definition) is 3. The van der Waals surface area contributed by atoms with Crippen LogP contribution in [-0.2, 0) is 9.47 Å². The van der Waals surface area contributed by atoms with Crippen molar-refractivity contribution in [1.82, 2.24) is 0 Å². The zero-order valence-corrected chi connectivity index (χ0v) is 22.5. The SMILES string of the molecule is C=C[Si](C)(C)CC[Si](C)(C)COC(=O)OC[Si](C)(C)CC[Si](C)(C)C=C. The third kappa shape index (κ3) is 12.1. The highest BCUT2D eigenvalue weighted by atomic mass is 28.3. The van der Waals surface area contributed by atoms with Crippen LogP contribution in [0.5, 0.6) is 0 Å². The van der Waals surface area contributed by atoms with Crippen molar-refractivity contribution < 1.29 is 14.3 Å². The Labute approximate surface area is 166 Å². The molecule has 0 aromatic carbocycles. The fourth-order valence-electron chi connectivity index (χ4n) is 2.22. The quantitative estimate of drug-likeness (QED) is 0.262. The van der Waals surface area contributed by atoms with Gasteiger partial charge in [0.05, 0.1) is 44.8 Å². The van der Waals surface area contributed by atoms with Gasteiger partial charge in [-0.25, -0.2) is 4.79 Å². The summed E-state index contributed by atoms with van der Waals surface area (Å²) >= 11 is 0. The van der Waals surface area contributed by atoms with Gasteiger partial charge in [0, 0.05) is 0 Å². The third-order valence-corrected chi connectivity index (χ3v) is 16.5. The summed E-state index contributed by atoms with van der Waals surface area (Å²) in [6.07, 6.45) is 0.615. The summed E-state index contributed by atoms with van der Waals surface area (Å²) in [5.41, 5.74) is 4.30. The van der Waals surface area contributed by atoms with Crippen molar-refractivity contribution in [2.24, 2.45) is 0 Å². The predicted octanol–water partition coefficient (Wildman–Crippen LogP) is 6.50. The van der Waals surface area contributed by atoms with Gasteiger partial charge in [0.25, 0.3) is 0 Å². The van der Waals surface area contributed by atoms with Crippen molar-refractivity contribution in [3.63, 3.8) is 0 Å². The molecule has 0 spiro atoms. The Morgan fingerprint density at radius 2 is 1.00 bits per heavy atom. The molecule has 0 radical (unpaired) electrons. The first-order valence-corrected chi connectivity index (χ1v) is 23.1. The zero-order chi connectivity index (χ0) is 20.6. The van der Waals surface area contributed by atoms with Crippen molar-refractivity contribution in [2.75, 3.05) is 12.5 Å². The lowest BCUT2D eigenvalue weighted by Gasteiger charge is -2.27. The van der Waals surface area contributed by atoms with Crippen molar-refractivity contribution >= 4 is 38.5 Å². The molecule has 0 bridgehead atoms. The van der Waals surface area contributed by atoms with E-state index in [0.717, 1.165) is 0 Å². The molecule has 0 saturated carbocycles. The minimum Gasteiger partial charge on any atom is -0.438 e. The summed E-state index contributed by atoms with van der Waals surface area (Å²) in [7, 11) is -5.65. The van der Waals surface area contributed by atoms with E-state index in [1.165, 1.54) is 24.2 Å². The molecule has 3 nitrogen and oxygen atoms in total. The number of ether oxygens (including phenoxy) is 2.